The molecule has 0 fully saturated rings. The van der Waals surface area contributed by atoms with Crippen LogP contribution in [0.15, 0.2) is 65.6 Å². The van der Waals surface area contributed by atoms with Crippen molar-refractivity contribution in [3.05, 3.63) is 93.7 Å². The minimum Gasteiger partial charge on any atom is -0.313 e. The zero-order valence-corrected chi connectivity index (χ0v) is 19.9. The van der Waals surface area contributed by atoms with Crippen LogP contribution in [0.5, 0.6) is 0 Å². The smallest absolute Gasteiger partial charge is 0.254 e. The molecule has 0 radical (unpaired) electrons. The fourth-order valence-electron chi connectivity index (χ4n) is 4.80. The molecule has 1 N–H and O–H groups in total. The number of fused-ring (bicyclic) bond motifs is 1. The molecule has 2 atom stereocenters. The van der Waals surface area contributed by atoms with Crippen LogP contribution >= 0.6 is 0 Å². The molecule has 5 nitrogen and oxygen atoms in total. The SMILES string of the molecule is CC(C)n1ccc2c(c1=O)[C@@H](Cc1cccc(-c3cccc(F)c3)c1)[C@@H](NS(C)(=O)=O)CC2. The Hall–Kier alpha value is -2.77. The number of rotatable bonds is 6. The van der Waals surface area contributed by atoms with E-state index in [4.69, 9.17) is 0 Å². The average Bonchev–Trinajstić information content (AvgIpc) is 2.74. The van der Waals surface area contributed by atoms with Crippen molar-refractivity contribution < 1.29 is 12.8 Å². The lowest BCUT2D eigenvalue weighted by atomic mass is 9.77. The monoisotopic (exact) mass is 468 g/mol. The molecule has 33 heavy (non-hydrogen) atoms. The summed E-state index contributed by atoms with van der Waals surface area (Å²) >= 11 is 0. The quantitative estimate of drug-likeness (QED) is 0.582. The summed E-state index contributed by atoms with van der Waals surface area (Å²) in [4.78, 5) is 13.4. The van der Waals surface area contributed by atoms with Crippen molar-refractivity contribution in [2.75, 3.05) is 6.26 Å². The van der Waals surface area contributed by atoms with Crippen LogP contribution in [0.2, 0.25) is 0 Å². The predicted octanol–water partition coefficient (Wildman–Crippen LogP) is 4.43. The van der Waals surface area contributed by atoms with Gasteiger partial charge >= 0.3 is 0 Å². The highest BCUT2D eigenvalue weighted by Gasteiger charge is 2.34. The number of aryl methyl sites for hydroxylation is 1. The molecule has 3 aromatic rings. The molecular weight excluding hydrogens is 439 g/mol. The second-order valence-electron chi connectivity index (χ2n) is 9.12. The molecule has 4 rings (SSSR count). The van der Waals surface area contributed by atoms with E-state index >= 15 is 0 Å². The van der Waals surface area contributed by atoms with E-state index in [1.807, 2.05) is 56.4 Å². The van der Waals surface area contributed by atoms with Crippen molar-refractivity contribution in [1.82, 2.24) is 9.29 Å². The van der Waals surface area contributed by atoms with Crippen molar-refractivity contribution in [1.29, 1.82) is 0 Å². The Morgan fingerprint density at radius 3 is 2.45 bits per heavy atom. The molecule has 0 saturated carbocycles. The van der Waals surface area contributed by atoms with Crippen LogP contribution in [0, 0.1) is 5.82 Å². The maximum Gasteiger partial charge on any atom is 0.254 e. The van der Waals surface area contributed by atoms with Crippen molar-refractivity contribution >= 4 is 10.0 Å². The first-order valence-electron chi connectivity index (χ1n) is 11.2. The Labute approximate surface area is 194 Å². The molecule has 1 aromatic heterocycles. The molecule has 2 aromatic carbocycles. The highest BCUT2D eigenvalue weighted by Crippen LogP contribution is 2.34. The first kappa shape index (κ1) is 23.4. The van der Waals surface area contributed by atoms with Gasteiger partial charge in [-0.1, -0.05) is 36.4 Å². The average molecular weight is 469 g/mol. The van der Waals surface area contributed by atoms with Gasteiger partial charge in [0.1, 0.15) is 5.82 Å². The maximum absolute atomic E-state index is 13.7. The summed E-state index contributed by atoms with van der Waals surface area (Å²) < 4.78 is 42.4. The molecule has 0 spiro atoms. The van der Waals surface area contributed by atoms with E-state index in [1.165, 1.54) is 12.1 Å². The fourth-order valence-corrected chi connectivity index (χ4v) is 5.63. The zero-order chi connectivity index (χ0) is 23.8. The largest absolute Gasteiger partial charge is 0.313 e. The van der Waals surface area contributed by atoms with E-state index in [-0.39, 0.29) is 29.4 Å². The molecule has 7 heteroatoms. The Balaban J connectivity index is 1.78. The Kier molecular flexibility index (Phi) is 6.54. The van der Waals surface area contributed by atoms with Crippen LogP contribution in [-0.4, -0.2) is 25.3 Å². The van der Waals surface area contributed by atoms with Crippen LogP contribution < -0.4 is 10.3 Å². The summed E-state index contributed by atoms with van der Waals surface area (Å²) in [6.07, 6.45) is 4.76. The van der Waals surface area contributed by atoms with Gasteiger partial charge in [0.15, 0.2) is 0 Å². The predicted molar refractivity (Wildman–Crippen MR) is 129 cm³/mol. The number of hydrogen-bond acceptors (Lipinski definition) is 3. The molecule has 1 aliphatic rings. The maximum atomic E-state index is 13.7. The normalized spacial score (nSPS) is 18.3. The molecule has 0 bridgehead atoms. The fraction of sp³-hybridized carbons (Fsp3) is 0.346. The number of sulfonamides is 1. The first-order valence-corrected chi connectivity index (χ1v) is 13.1. The standard InChI is InChI=1S/C26H29FN2O3S/c1-17(2)29-13-12-19-10-11-24(28-33(3,31)32)23(25(19)26(29)30)15-18-6-4-7-20(14-18)21-8-5-9-22(27)16-21/h4-9,12-14,16-17,23-24,28H,10-11,15H2,1-3H3/t23-,24-/m0/s1. The van der Waals surface area contributed by atoms with Gasteiger partial charge in [0.25, 0.3) is 5.56 Å². The molecule has 0 saturated heterocycles. The Bertz CT molecular complexity index is 1330. The zero-order valence-electron chi connectivity index (χ0n) is 19.1. The third-order valence-corrected chi connectivity index (χ3v) is 7.02. The molecule has 0 amide bonds. The molecule has 0 unspecified atom stereocenters. The molecular formula is C26H29FN2O3S. The summed E-state index contributed by atoms with van der Waals surface area (Å²) in [6.45, 7) is 3.92. The number of nitrogens with one attached hydrogen (secondary N) is 1. The van der Waals surface area contributed by atoms with E-state index in [2.05, 4.69) is 4.72 Å². The number of aromatic nitrogens is 1. The van der Waals surface area contributed by atoms with Gasteiger partial charge in [-0.2, -0.15) is 0 Å². The van der Waals surface area contributed by atoms with Crippen LogP contribution in [0.3, 0.4) is 0 Å². The van der Waals surface area contributed by atoms with Gasteiger partial charge in [-0.25, -0.2) is 17.5 Å². The summed E-state index contributed by atoms with van der Waals surface area (Å²) in [5.74, 6) is -0.601. The Morgan fingerprint density at radius 2 is 1.79 bits per heavy atom. The van der Waals surface area contributed by atoms with Crippen molar-refractivity contribution in [2.45, 2.75) is 51.1 Å². The van der Waals surface area contributed by atoms with Crippen LogP contribution in [0.25, 0.3) is 11.1 Å². The van der Waals surface area contributed by atoms with Crippen LogP contribution in [0.4, 0.5) is 4.39 Å². The van der Waals surface area contributed by atoms with Gasteiger partial charge in [0.05, 0.1) is 6.26 Å². The third kappa shape index (κ3) is 5.25. The number of benzene rings is 2. The van der Waals surface area contributed by atoms with Crippen LogP contribution in [-0.2, 0) is 22.9 Å². The van der Waals surface area contributed by atoms with E-state index in [0.29, 0.717) is 24.8 Å². The van der Waals surface area contributed by atoms with E-state index in [9.17, 15) is 17.6 Å². The number of halogens is 1. The lowest BCUT2D eigenvalue weighted by Gasteiger charge is -2.34. The third-order valence-electron chi connectivity index (χ3n) is 6.29. The second-order valence-corrected chi connectivity index (χ2v) is 10.9. The van der Waals surface area contributed by atoms with Gasteiger partial charge in [-0.3, -0.25) is 4.79 Å². The van der Waals surface area contributed by atoms with Gasteiger partial charge in [-0.15, -0.1) is 0 Å². The first-order chi connectivity index (χ1) is 15.6. The molecule has 1 aliphatic carbocycles. The van der Waals surface area contributed by atoms with Crippen molar-refractivity contribution in [3.8, 4) is 11.1 Å². The van der Waals surface area contributed by atoms with Gasteiger partial charge in [0, 0.05) is 29.8 Å². The lowest BCUT2D eigenvalue weighted by Crippen LogP contribution is -2.45. The van der Waals surface area contributed by atoms with E-state index in [0.717, 1.165) is 28.5 Å². The van der Waals surface area contributed by atoms with Crippen molar-refractivity contribution in [3.63, 3.8) is 0 Å². The summed E-state index contributed by atoms with van der Waals surface area (Å²) in [7, 11) is -3.45. The number of pyridine rings is 1. The summed E-state index contributed by atoms with van der Waals surface area (Å²) in [6, 6.07) is 15.8. The van der Waals surface area contributed by atoms with Crippen molar-refractivity contribution in [2.24, 2.45) is 0 Å². The van der Waals surface area contributed by atoms with E-state index < -0.39 is 10.0 Å². The minimum atomic E-state index is -3.45. The number of nitrogens with zero attached hydrogens (tertiary/aromatic N) is 1. The summed E-state index contributed by atoms with van der Waals surface area (Å²) in [5.41, 5.74) is 4.23. The van der Waals surface area contributed by atoms with E-state index in [1.54, 1.807) is 10.6 Å². The molecule has 0 aliphatic heterocycles. The molecule has 1 heterocycles. The Morgan fingerprint density at radius 1 is 1.09 bits per heavy atom. The minimum absolute atomic E-state index is 0.00278. The molecule has 174 valence electrons. The summed E-state index contributed by atoms with van der Waals surface area (Å²) in [5, 5.41) is 0. The number of hydrogen-bond donors (Lipinski definition) is 1. The van der Waals surface area contributed by atoms with Gasteiger partial charge in [-0.05, 0) is 73.6 Å². The lowest BCUT2D eigenvalue weighted by molar-refractivity contribution is 0.420. The van der Waals surface area contributed by atoms with Gasteiger partial charge < -0.3 is 4.57 Å². The second kappa shape index (κ2) is 9.23. The van der Waals surface area contributed by atoms with Gasteiger partial charge in [0.2, 0.25) is 10.0 Å². The topological polar surface area (TPSA) is 68.2 Å². The highest BCUT2D eigenvalue weighted by molar-refractivity contribution is 7.88. The van der Waals surface area contributed by atoms with Crippen LogP contribution in [0.1, 0.15) is 48.9 Å². The highest BCUT2D eigenvalue weighted by atomic mass is 32.2.